The average molecular weight is 204 g/mol. The van der Waals surface area contributed by atoms with Gasteiger partial charge in [0.25, 0.3) is 0 Å². The number of aromatic amines is 1. The van der Waals surface area contributed by atoms with Crippen molar-refractivity contribution >= 4 is 11.1 Å². The van der Waals surface area contributed by atoms with Gasteiger partial charge in [-0.05, 0) is 37.0 Å². The van der Waals surface area contributed by atoms with Crippen LogP contribution < -0.4 is 11.5 Å². The van der Waals surface area contributed by atoms with Gasteiger partial charge in [-0.25, -0.2) is 4.79 Å². The number of rotatable bonds is 1. The van der Waals surface area contributed by atoms with Crippen molar-refractivity contribution in [2.75, 3.05) is 0 Å². The summed E-state index contributed by atoms with van der Waals surface area (Å²) in [7, 11) is 0. The maximum absolute atomic E-state index is 11.0. The van der Waals surface area contributed by atoms with E-state index in [0.717, 1.165) is 23.9 Å². The molecule has 0 spiro atoms. The van der Waals surface area contributed by atoms with Crippen LogP contribution in [0.5, 0.6) is 0 Å². The summed E-state index contributed by atoms with van der Waals surface area (Å²) in [5.41, 5.74) is 8.41. The molecule has 1 aliphatic carbocycles. The summed E-state index contributed by atoms with van der Waals surface area (Å²) in [5.74, 6) is -0.415. The third-order valence-electron chi connectivity index (χ3n) is 3.24. The van der Waals surface area contributed by atoms with Gasteiger partial charge in [0.1, 0.15) is 0 Å². The van der Waals surface area contributed by atoms with Gasteiger partial charge in [-0.2, -0.15) is 0 Å². The van der Waals surface area contributed by atoms with Crippen molar-refractivity contribution in [1.82, 2.24) is 4.98 Å². The number of nitrogens with one attached hydrogen (secondary N) is 1. The lowest BCUT2D eigenvalue weighted by Crippen LogP contribution is -2.43. The number of nitrogens with two attached hydrogens (primary N) is 1. The Morgan fingerprint density at radius 1 is 1.40 bits per heavy atom. The summed E-state index contributed by atoms with van der Waals surface area (Å²) in [6.07, 6.45) is 3.21. The number of hydrogen-bond acceptors (Lipinski definition) is 3. The first-order valence-corrected chi connectivity index (χ1v) is 5.10. The SMILES string of the molecule is NC1(c2ccc3oc(=O)[nH]c3c2)CCC1. The third-order valence-corrected chi connectivity index (χ3v) is 3.24. The summed E-state index contributed by atoms with van der Waals surface area (Å²) >= 11 is 0. The molecule has 4 heteroatoms. The van der Waals surface area contributed by atoms with Crippen molar-refractivity contribution in [2.24, 2.45) is 5.73 Å². The molecule has 0 aliphatic heterocycles. The number of hydrogen-bond donors (Lipinski definition) is 2. The Bertz CT molecular complexity index is 563. The number of benzene rings is 1. The Morgan fingerprint density at radius 2 is 2.20 bits per heavy atom. The van der Waals surface area contributed by atoms with E-state index < -0.39 is 5.76 Å². The Balaban J connectivity index is 2.17. The molecule has 0 atom stereocenters. The van der Waals surface area contributed by atoms with E-state index in [0.29, 0.717) is 5.58 Å². The highest BCUT2D eigenvalue weighted by molar-refractivity contribution is 5.73. The van der Waals surface area contributed by atoms with Crippen LogP contribution in [0.2, 0.25) is 0 Å². The number of oxazole rings is 1. The first-order chi connectivity index (χ1) is 7.17. The van der Waals surface area contributed by atoms with Crippen molar-refractivity contribution in [3.05, 3.63) is 34.3 Å². The van der Waals surface area contributed by atoms with E-state index in [-0.39, 0.29) is 5.54 Å². The van der Waals surface area contributed by atoms with Gasteiger partial charge < -0.3 is 10.2 Å². The molecule has 1 aliphatic rings. The molecule has 1 aromatic heterocycles. The Morgan fingerprint density at radius 3 is 2.87 bits per heavy atom. The van der Waals surface area contributed by atoms with Gasteiger partial charge in [0.15, 0.2) is 5.58 Å². The fourth-order valence-corrected chi connectivity index (χ4v) is 2.11. The van der Waals surface area contributed by atoms with E-state index >= 15 is 0 Å². The fraction of sp³-hybridized carbons (Fsp3) is 0.364. The smallest absolute Gasteiger partial charge is 0.408 e. The van der Waals surface area contributed by atoms with Gasteiger partial charge in [0, 0.05) is 5.54 Å². The second-order valence-electron chi connectivity index (χ2n) is 4.24. The summed E-state index contributed by atoms with van der Waals surface area (Å²) in [6, 6.07) is 5.66. The molecule has 1 saturated carbocycles. The van der Waals surface area contributed by atoms with Crippen LogP contribution in [0.3, 0.4) is 0 Å². The molecule has 2 aromatic rings. The number of H-pyrrole nitrogens is 1. The van der Waals surface area contributed by atoms with Crippen LogP contribution in [0.25, 0.3) is 11.1 Å². The summed E-state index contributed by atoms with van der Waals surface area (Å²) in [5, 5.41) is 0. The molecule has 78 valence electrons. The standard InChI is InChI=1S/C11H12N2O2/c12-11(4-1-5-11)7-2-3-9-8(6-7)13-10(14)15-9/h2-3,6H,1,4-5,12H2,(H,13,14). The molecule has 3 rings (SSSR count). The predicted octanol–water partition coefficient (Wildman–Crippen LogP) is 1.46. The zero-order valence-electron chi connectivity index (χ0n) is 8.25. The molecular weight excluding hydrogens is 192 g/mol. The van der Waals surface area contributed by atoms with E-state index in [1.54, 1.807) is 6.07 Å². The highest BCUT2D eigenvalue weighted by Crippen LogP contribution is 2.39. The second-order valence-corrected chi connectivity index (χ2v) is 4.24. The van der Waals surface area contributed by atoms with E-state index in [1.165, 1.54) is 6.42 Å². The monoisotopic (exact) mass is 204 g/mol. The van der Waals surface area contributed by atoms with Gasteiger partial charge in [-0.1, -0.05) is 6.07 Å². The Labute approximate surface area is 86.1 Å². The summed E-state index contributed by atoms with van der Waals surface area (Å²) in [6.45, 7) is 0. The van der Waals surface area contributed by atoms with E-state index in [9.17, 15) is 4.79 Å². The molecule has 1 fully saturated rings. The van der Waals surface area contributed by atoms with Crippen LogP contribution >= 0.6 is 0 Å². The molecule has 1 aromatic carbocycles. The van der Waals surface area contributed by atoms with Gasteiger partial charge in [-0.3, -0.25) is 4.98 Å². The lowest BCUT2D eigenvalue weighted by Gasteiger charge is -2.38. The van der Waals surface area contributed by atoms with Crippen LogP contribution in [-0.4, -0.2) is 4.98 Å². The molecule has 15 heavy (non-hydrogen) atoms. The molecule has 0 amide bonds. The molecule has 0 radical (unpaired) electrons. The molecule has 0 saturated heterocycles. The zero-order chi connectivity index (χ0) is 10.5. The largest absolute Gasteiger partial charge is 0.417 e. The number of fused-ring (bicyclic) bond motifs is 1. The van der Waals surface area contributed by atoms with Crippen LogP contribution in [0.1, 0.15) is 24.8 Å². The molecular formula is C11H12N2O2. The predicted molar refractivity (Wildman–Crippen MR) is 56.6 cm³/mol. The molecule has 1 heterocycles. The molecule has 0 unspecified atom stereocenters. The fourth-order valence-electron chi connectivity index (χ4n) is 2.11. The van der Waals surface area contributed by atoms with Gasteiger partial charge in [0.2, 0.25) is 0 Å². The van der Waals surface area contributed by atoms with Crippen molar-refractivity contribution in [3.63, 3.8) is 0 Å². The van der Waals surface area contributed by atoms with Crippen LogP contribution in [0, 0.1) is 0 Å². The molecule has 0 bridgehead atoms. The lowest BCUT2D eigenvalue weighted by atomic mass is 9.73. The maximum atomic E-state index is 11.0. The molecule has 3 N–H and O–H groups in total. The van der Waals surface area contributed by atoms with E-state index in [2.05, 4.69) is 4.98 Å². The highest BCUT2D eigenvalue weighted by Gasteiger charge is 2.34. The highest BCUT2D eigenvalue weighted by atomic mass is 16.4. The first kappa shape index (κ1) is 8.73. The average Bonchev–Trinajstić information content (AvgIpc) is 2.53. The summed E-state index contributed by atoms with van der Waals surface area (Å²) < 4.78 is 4.94. The van der Waals surface area contributed by atoms with Crippen LogP contribution in [0.4, 0.5) is 0 Å². The number of aromatic nitrogens is 1. The van der Waals surface area contributed by atoms with Gasteiger partial charge in [0.05, 0.1) is 5.52 Å². The Kier molecular flexibility index (Phi) is 1.59. The van der Waals surface area contributed by atoms with Crippen LogP contribution in [0.15, 0.2) is 27.4 Å². The third kappa shape index (κ3) is 1.22. The topological polar surface area (TPSA) is 72.0 Å². The minimum absolute atomic E-state index is 0.192. The minimum Gasteiger partial charge on any atom is -0.408 e. The van der Waals surface area contributed by atoms with Crippen LogP contribution in [-0.2, 0) is 5.54 Å². The van der Waals surface area contributed by atoms with Gasteiger partial charge in [-0.15, -0.1) is 0 Å². The zero-order valence-corrected chi connectivity index (χ0v) is 8.25. The van der Waals surface area contributed by atoms with E-state index in [4.69, 9.17) is 10.2 Å². The van der Waals surface area contributed by atoms with Crippen molar-refractivity contribution in [1.29, 1.82) is 0 Å². The van der Waals surface area contributed by atoms with E-state index in [1.807, 2.05) is 12.1 Å². The maximum Gasteiger partial charge on any atom is 0.417 e. The lowest BCUT2D eigenvalue weighted by molar-refractivity contribution is 0.254. The van der Waals surface area contributed by atoms with Crippen molar-refractivity contribution in [2.45, 2.75) is 24.8 Å². The summed E-state index contributed by atoms with van der Waals surface area (Å²) in [4.78, 5) is 13.6. The first-order valence-electron chi connectivity index (χ1n) is 5.10. The van der Waals surface area contributed by atoms with Crippen molar-refractivity contribution < 1.29 is 4.42 Å². The minimum atomic E-state index is -0.415. The van der Waals surface area contributed by atoms with Crippen molar-refractivity contribution in [3.8, 4) is 0 Å². The normalized spacial score (nSPS) is 19.0. The quantitative estimate of drug-likeness (QED) is 0.738. The van der Waals surface area contributed by atoms with Gasteiger partial charge >= 0.3 is 5.76 Å². The molecule has 4 nitrogen and oxygen atoms in total. The Hall–Kier alpha value is -1.55. The second kappa shape index (κ2) is 2.73.